The van der Waals surface area contributed by atoms with Crippen LogP contribution >= 0.6 is 0 Å². The molecule has 0 saturated carbocycles. The van der Waals surface area contributed by atoms with E-state index in [0.717, 1.165) is 0 Å². The molecule has 1 aromatic heterocycles. The number of ether oxygens (including phenoxy) is 2. The lowest BCUT2D eigenvalue weighted by atomic mass is 9.97. The summed E-state index contributed by atoms with van der Waals surface area (Å²) in [5.74, 6) is -0.549. The molecule has 0 aliphatic carbocycles. The maximum absolute atomic E-state index is 14.2. The number of nitroso groups, excluding NO2 is 1. The van der Waals surface area contributed by atoms with Gasteiger partial charge in [0.25, 0.3) is 0 Å². The van der Waals surface area contributed by atoms with Crippen molar-refractivity contribution < 1.29 is 23.8 Å². The summed E-state index contributed by atoms with van der Waals surface area (Å²) in [6.45, 7) is 2.06. The number of rotatable bonds is 5. The Kier molecular flexibility index (Phi) is 5.14. The average Bonchev–Trinajstić information content (AvgIpc) is 3.08. The fourth-order valence-corrected chi connectivity index (χ4v) is 4.25. The van der Waals surface area contributed by atoms with Gasteiger partial charge in [0.1, 0.15) is 11.6 Å². The summed E-state index contributed by atoms with van der Waals surface area (Å²) in [5, 5.41) is 14.2. The van der Waals surface area contributed by atoms with E-state index in [0.29, 0.717) is 44.5 Å². The molecule has 166 valence electrons. The minimum Gasteiger partial charge on any atom is -0.493 e. The van der Waals surface area contributed by atoms with Crippen LogP contribution in [0.5, 0.6) is 11.6 Å². The second-order valence-corrected chi connectivity index (χ2v) is 7.89. The summed E-state index contributed by atoms with van der Waals surface area (Å²) in [4.78, 5) is 24.7. The van der Waals surface area contributed by atoms with Crippen LogP contribution in [-0.4, -0.2) is 22.2 Å². The van der Waals surface area contributed by atoms with Crippen LogP contribution in [0.25, 0.3) is 10.9 Å². The van der Waals surface area contributed by atoms with Crippen molar-refractivity contribution in [3.8, 4) is 11.6 Å². The van der Waals surface area contributed by atoms with Gasteiger partial charge in [-0.25, -0.2) is 4.39 Å². The first kappa shape index (κ1) is 20.8. The van der Waals surface area contributed by atoms with E-state index in [2.05, 4.69) is 5.18 Å². The largest absolute Gasteiger partial charge is 0.493 e. The predicted octanol–water partition coefficient (Wildman–Crippen LogP) is 5.34. The zero-order valence-corrected chi connectivity index (χ0v) is 17.7. The second-order valence-electron chi connectivity index (χ2n) is 7.89. The third-order valence-corrected chi connectivity index (χ3v) is 5.81. The van der Waals surface area contributed by atoms with Crippen molar-refractivity contribution in [2.75, 3.05) is 6.79 Å². The number of fused-ring (bicyclic) bond motifs is 2. The molecule has 4 aromatic rings. The van der Waals surface area contributed by atoms with Crippen LogP contribution in [-0.2, 0) is 17.9 Å². The van der Waals surface area contributed by atoms with E-state index in [1.54, 1.807) is 43.3 Å². The lowest BCUT2D eigenvalue weighted by molar-refractivity contribution is -0.0173. The lowest BCUT2D eigenvalue weighted by Crippen LogP contribution is -2.14. The number of benzene rings is 3. The molecule has 5 rings (SSSR count). The summed E-state index contributed by atoms with van der Waals surface area (Å²) in [6, 6.07) is 14.7. The van der Waals surface area contributed by atoms with Gasteiger partial charge in [-0.15, -0.1) is 4.91 Å². The van der Waals surface area contributed by atoms with Gasteiger partial charge in [-0.3, -0.25) is 4.79 Å². The zero-order valence-electron chi connectivity index (χ0n) is 17.7. The molecule has 0 bridgehead atoms. The first-order valence-corrected chi connectivity index (χ1v) is 10.3. The van der Waals surface area contributed by atoms with Crippen LogP contribution in [0.1, 0.15) is 32.6 Å². The van der Waals surface area contributed by atoms with Gasteiger partial charge in [-0.1, -0.05) is 30.3 Å². The number of hydrogen-bond donors (Lipinski definition) is 1. The third-order valence-electron chi connectivity index (χ3n) is 5.81. The highest BCUT2D eigenvalue weighted by Crippen LogP contribution is 2.41. The molecule has 8 heteroatoms. The molecular formula is C25H19FN2O5. The number of halogens is 1. The zero-order chi connectivity index (χ0) is 23.1. The minimum atomic E-state index is -0.463. The molecule has 0 amide bonds. The molecule has 7 nitrogen and oxygen atoms in total. The molecule has 2 heterocycles. The Labute approximate surface area is 188 Å². The van der Waals surface area contributed by atoms with Crippen LogP contribution in [0, 0.1) is 17.6 Å². The summed E-state index contributed by atoms with van der Waals surface area (Å²) in [5.41, 5.74) is 2.94. The van der Waals surface area contributed by atoms with E-state index in [1.165, 1.54) is 16.7 Å². The van der Waals surface area contributed by atoms with Crippen LogP contribution < -0.4 is 4.74 Å². The quantitative estimate of drug-likeness (QED) is 0.330. The molecular weight excluding hydrogens is 427 g/mol. The molecule has 0 radical (unpaired) electrons. The van der Waals surface area contributed by atoms with Gasteiger partial charge < -0.3 is 19.1 Å². The van der Waals surface area contributed by atoms with Gasteiger partial charge in [0.15, 0.2) is 18.3 Å². The fourth-order valence-electron chi connectivity index (χ4n) is 4.25. The van der Waals surface area contributed by atoms with Crippen molar-refractivity contribution in [2.24, 2.45) is 5.18 Å². The SMILES string of the molecule is Cc1cc2c(cc1C(=O)c1ccccc1)c(N=O)c(O)n2Cc1cc(F)cc2c1OCOC2. The van der Waals surface area contributed by atoms with Crippen molar-refractivity contribution in [1.29, 1.82) is 0 Å². The number of nitrogens with zero attached hydrogens (tertiary/aromatic N) is 2. The molecule has 1 aliphatic heterocycles. The number of ketones is 1. The molecule has 0 saturated heterocycles. The Morgan fingerprint density at radius 2 is 1.97 bits per heavy atom. The van der Waals surface area contributed by atoms with Gasteiger partial charge in [-0.05, 0) is 41.9 Å². The van der Waals surface area contributed by atoms with Gasteiger partial charge >= 0.3 is 0 Å². The van der Waals surface area contributed by atoms with Crippen LogP contribution in [0.4, 0.5) is 10.1 Å². The highest BCUT2D eigenvalue weighted by Gasteiger charge is 2.24. The van der Waals surface area contributed by atoms with Gasteiger partial charge in [0.05, 0.1) is 18.7 Å². The van der Waals surface area contributed by atoms with Crippen LogP contribution in [0.15, 0.2) is 59.8 Å². The first-order valence-electron chi connectivity index (χ1n) is 10.3. The predicted molar refractivity (Wildman–Crippen MR) is 119 cm³/mol. The van der Waals surface area contributed by atoms with E-state index in [-0.39, 0.29) is 37.3 Å². The van der Waals surface area contributed by atoms with E-state index >= 15 is 0 Å². The van der Waals surface area contributed by atoms with Crippen LogP contribution in [0.2, 0.25) is 0 Å². The molecule has 0 fully saturated rings. The lowest BCUT2D eigenvalue weighted by Gasteiger charge is -2.21. The number of aromatic hydroxyl groups is 1. The van der Waals surface area contributed by atoms with Crippen molar-refractivity contribution in [3.63, 3.8) is 0 Å². The Hall–Kier alpha value is -4.04. The molecule has 33 heavy (non-hydrogen) atoms. The summed E-state index contributed by atoms with van der Waals surface area (Å²) < 4.78 is 26.5. The average molecular weight is 446 g/mol. The van der Waals surface area contributed by atoms with Gasteiger partial charge in [-0.2, -0.15) is 0 Å². The Morgan fingerprint density at radius 1 is 1.18 bits per heavy atom. The van der Waals surface area contributed by atoms with Crippen molar-refractivity contribution in [2.45, 2.75) is 20.1 Å². The fraction of sp³-hybridized carbons (Fsp3) is 0.160. The molecule has 0 atom stereocenters. The number of aromatic nitrogens is 1. The highest BCUT2D eigenvalue weighted by atomic mass is 19.1. The monoisotopic (exact) mass is 446 g/mol. The summed E-state index contributed by atoms with van der Waals surface area (Å²) >= 11 is 0. The maximum Gasteiger partial charge on any atom is 0.222 e. The van der Waals surface area contributed by atoms with Crippen LogP contribution in [0.3, 0.4) is 0 Å². The van der Waals surface area contributed by atoms with Crippen molar-refractivity contribution in [3.05, 3.63) is 93.1 Å². The van der Waals surface area contributed by atoms with E-state index in [9.17, 15) is 19.2 Å². The maximum atomic E-state index is 14.2. The normalized spacial score (nSPS) is 12.9. The standard InChI is InChI=1S/C25H19FN2O5/c1-14-7-21-20(10-19(14)23(29)15-5-3-2-4-6-15)22(27-31)25(30)28(21)11-16-8-18(26)9-17-12-32-13-33-24(16)17/h2-10,30H,11-13H2,1H3. The molecule has 1 aliphatic rings. The topological polar surface area (TPSA) is 90.1 Å². The summed E-state index contributed by atoms with van der Waals surface area (Å²) in [7, 11) is 0. The second kappa shape index (κ2) is 8.14. The molecule has 0 spiro atoms. The van der Waals surface area contributed by atoms with E-state index < -0.39 is 5.82 Å². The molecule has 3 aromatic carbocycles. The van der Waals surface area contributed by atoms with E-state index in [4.69, 9.17) is 9.47 Å². The smallest absolute Gasteiger partial charge is 0.222 e. The highest BCUT2D eigenvalue weighted by molar-refractivity contribution is 6.12. The number of carbonyl (C=O) groups excluding carboxylic acids is 1. The van der Waals surface area contributed by atoms with Gasteiger partial charge in [0.2, 0.25) is 5.88 Å². The number of hydrogen-bond acceptors (Lipinski definition) is 6. The Morgan fingerprint density at radius 3 is 2.73 bits per heavy atom. The minimum absolute atomic E-state index is 0.0311. The summed E-state index contributed by atoms with van der Waals surface area (Å²) in [6.07, 6.45) is 0. The molecule has 1 N–H and O–H groups in total. The molecule has 0 unspecified atom stereocenters. The first-order chi connectivity index (χ1) is 16.0. The number of carbonyl (C=O) groups is 1. The Bertz CT molecular complexity index is 1410. The number of aryl methyl sites for hydroxylation is 1. The van der Waals surface area contributed by atoms with Crippen molar-refractivity contribution in [1.82, 2.24) is 4.57 Å². The Balaban J connectivity index is 1.65. The van der Waals surface area contributed by atoms with Crippen molar-refractivity contribution >= 4 is 22.4 Å². The van der Waals surface area contributed by atoms with Gasteiger partial charge in [0, 0.05) is 27.6 Å². The third kappa shape index (κ3) is 3.54. The van der Waals surface area contributed by atoms with E-state index in [1.807, 2.05) is 6.07 Å².